The number of hydrogen-bond acceptors (Lipinski definition) is 5. The third-order valence-electron chi connectivity index (χ3n) is 6.46. The third kappa shape index (κ3) is 4.49. The molecule has 2 aliphatic heterocycles. The summed E-state index contributed by atoms with van der Waals surface area (Å²) in [5.74, 6) is 0.122. The smallest absolute Gasteiger partial charge is 0.254 e. The number of benzene rings is 2. The summed E-state index contributed by atoms with van der Waals surface area (Å²) in [5, 5.41) is 7.52. The van der Waals surface area contributed by atoms with Gasteiger partial charge in [-0.1, -0.05) is 29.4 Å². The molecule has 1 amide bonds. The van der Waals surface area contributed by atoms with Gasteiger partial charge in [-0.15, -0.1) is 0 Å². The highest BCUT2D eigenvalue weighted by Gasteiger charge is 2.23. The van der Waals surface area contributed by atoms with E-state index in [1.807, 2.05) is 23.1 Å². The van der Waals surface area contributed by atoms with Gasteiger partial charge in [-0.2, -0.15) is 0 Å². The Hall–Kier alpha value is -3.12. The Morgan fingerprint density at radius 3 is 2.52 bits per heavy atom. The van der Waals surface area contributed by atoms with Crippen LogP contribution in [0, 0.1) is 0 Å². The first kappa shape index (κ1) is 19.8. The van der Waals surface area contributed by atoms with E-state index in [0.29, 0.717) is 12.6 Å². The zero-order valence-electron chi connectivity index (χ0n) is 17.7. The highest BCUT2D eigenvalue weighted by Crippen LogP contribution is 2.23. The minimum atomic E-state index is 0.122. The number of rotatable bonds is 5. The summed E-state index contributed by atoms with van der Waals surface area (Å²) in [5.41, 5.74) is 5.53. The summed E-state index contributed by atoms with van der Waals surface area (Å²) in [6, 6.07) is 19.0. The van der Waals surface area contributed by atoms with Crippen LogP contribution >= 0.6 is 0 Å². The van der Waals surface area contributed by atoms with Gasteiger partial charge in [0.05, 0.1) is 5.69 Å². The Morgan fingerprint density at radius 2 is 1.77 bits per heavy atom. The third-order valence-corrected chi connectivity index (χ3v) is 6.46. The van der Waals surface area contributed by atoms with Gasteiger partial charge in [0.25, 0.3) is 5.91 Å². The van der Waals surface area contributed by atoms with E-state index in [2.05, 4.69) is 51.8 Å². The van der Waals surface area contributed by atoms with E-state index in [1.54, 1.807) is 6.26 Å². The molecule has 0 spiro atoms. The van der Waals surface area contributed by atoms with Crippen molar-refractivity contribution in [1.82, 2.24) is 15.4 Å². The molecule has 0 radical (unpaired) electrons. The number of aromatic nitrogens is 1. The second-order valence-corrected chi connectivity index (χ2v) is 8.43. The largest absolute Gasteiger partial charge is 0.371 e. The molecule has 3 aromatic rings. The minimum Gasteiger partial charge on any atom is -0.371 e. The summed E-state index contributed by atoms with van der Waals surface area (Å²) < 4.78 is 4.88. The summed E-state index contributed by atoms with van der Waals surface area (Å²) >= 11 is 0. The van der Waals surface area contributed by atoms with Crippen LogP contribution in [0.2, 0.25) is 0 Å². The van der Waals surface area contributed by atoms with Gasteiger partial charge in [0.1, 0.15) is 6.26 Å². The van der Waals surface area contributed by atoms with Crippen LogP contribution in [0.5, 0.6) is 0 Å². The lowest BCUT2D eigenvalue weighted by atomic mass is 9.99. The van der Waals surface area contributed by atoms with Gasteiger partial charge in [0.15, 0.2) is 0 Å². The lowest BCUT2D eigenvalue weighted by molar-refractivity contribution is 0.0734. The molecule has 0 atom stereocenters. The van der Waals surface area contributed by atoms with E-state index in [-0.39, 0.29) is 5.91 Å². The standard InChI is InChI=1S/C25H28N4O2/c30-25(29-13-9-19-3-1-2-4-21(19)18-29)20-5-7-24(8-6-20)28-14-10-22(11-15-28)26-17-23-12-16-31-27-23/h1-8,12,16,22,26H,9-11,13-15,17-18H2. The number of nitrogens with one attached hydrogen (secondary N) is 1. The molecule has 160 valence electrons. The SMILES string of the molecule is O=C(c1ccc(N2CCC(NCc3ccon3)CC2)cc1)N1CCc2ccccc2C1. The van der Waals surface area contributed by atoms with E-state index in [9.17, 15) is 4.79 Å². The van der Waals surface area contributed by atoms with Gasteiger partial charge in [-0.3, -0.25) is 4.79 Å². The van der Waals surface area contributed by atoms with Gasteiger partial charge in [0, 0.05) is 56.1 Å². The molecule has 3 heterocycles. The van der Waals surface area contributed by atoms with Gasteiger partial charge in [-0.25, -0.2) is 0 Å². The second kappa shape index (κ2) is 8.94. The lowest BCUT2D eigenvalue weighted by Crippen LogP contribution is -2.42. The number of carbonyl (C=O) groups excluding carboxylic acids is 1. The quantitative estimate of drug-likeness (QED) is 0.688. The summed E-state index contributed by atoms with van der Waals surface area (Å²) in [4.78, 5) is 17.4. The van der Waals surface area contributed by atoms with Crippen LogP contribution in [-0.4, -0.2) is 41.6 Å². The molecule has 6 heteroatoms. The fraction of sp³-hybridized carbons (Fsp3) is 0.360. The van der Waals surface area contributed by atoms with E-state index in [0.717, 1.165) is 56.7 Å². The summed E-state index contributed by atoms with van der Waals surface area (Å²) in [6.45, 7) is 4.25. The minimum absolute atomic E-state index is 0.122. The molecule has 6 nitrogen and oxygen atoms in total. The number of nitrogens with zero attached hydrogens (tertiary/aromatic N) is 3. The molecule has 2 aliphatic rings. The molecule has 0 aliphatic carbocycles. The van der Waals surface area contributed by atoms with Crippen molar-refractivity contribution in [2.24, 2.45) is 0 Å². The topological polar surface area (TPSA) is 61.6 Å². The fourth-order valence-electron chi connectivity index (χ4n) is 4.59. The highest BCUT2D eigenvalue weighted by molar-refractivity contribution is 5.94. The molecule has 0 unspecified atom stereocenters. The highest BCUT2D eigenvalue weighted by atomic mass is 16.5. The van der Waals surface area contributed by atoms with Crippen molar-refractivity contribution in [3.8, 4) is 0 Å². The van der Waals surface area contributed by atoms with Gasteiger partial charge < -0.3 is 19.6 Å². The first-order chi connectivity index (χ1) is 15.3. The van der Waals surface area contributed by atoms with Gasteiger partial charge in [0.2, 0.25) is 0 Å². The molecule has 2 aromatic carbocycles. The predicted octanol–water partition coefficient (Wildman–Crippen LogP) is 3.63. The van der Waals surface area contributed by atoms with Crippen LogP contribution in [0.3, 0.4) is 0 Å². The molecule has 1 saturated heterocycles. The first-order valence-electron chi connectivity index (χ1n) is 11.1. The number of hydrogen-bond donors (Lipinski definition) is 1. The fourth-order valence-corrected chi connectivity index (χ4v) is 4.59. The van der Waals surface area contributed by atoms with Crippen LogP contribution in [0.15, 0.2) is 65.4 Å². The van der Waals surface area contributed by atoms with Crippen LogP contribution in [0.4, 0.5) is 5.69 Å². The Balaban J connectivity index is 1.15. The summed E-state index contributed by atoms with van der Waals surface area (Å²) in [7, 11) is 0. The zero-order valence-corrected chi connectivity index (χ0v) is 17.7. The molecule has 1 aromatic heterocycles. The second-order valence-electron chi connectivity index (χ2n) is 8.43. The molecule has 1 N–H and O–H groups in total. The number of piperidine rings is 1. The lowest BCUT2D eigenvalue weighted by Gasteiger charge is -2.34. The normalized spacial score (nSPS) is 16.9. The molecule has 5 rings (SSSR count). The van der Waals surface area contributed by atoms with Crippen LogP contribution < -0.4 is 10.2 Å². The molecule has 31 heavy (non-hydrogen) atoms. The van der Waals surface area contributed by atoms with Crippen molar-refractivity contribution in [2.45, 2.75) is 38.4 Å². The van der Waals surface area contributed by atoms with E-state index < -0.39 is 0 Å². The average Bonchev–Trinajstić information content (AvgIpc) is 3.36. The van der Waals surface area contributed by atoms with Crippen molar-refractivity contribution < 1.29 is 9.32 Å². The number of fused-ring (bicyclic) bond motifs is 1. The monoisotopic (exact) mass is 416 g/mol. The van der Waals surface area contributed by atoms with Crippen molar-refractivity contribution in [3.63, 3.8) is 0 Å². The summed E-state index contributed by atoms with van der Waals surface area (Å²) in [6.07, 6.45) is 4.72. The van der Waals surface area contributed by atoms with E-state index >= 15 is 0 Å². The number of carbonyl (C=O) groups is 1. The van der Waals surface area contributed by atoms with E-state index in [1.165, 1.54) is 16.8 Å². The van der Waals surface area contributed by atoms with Crippen molar-refractivity contribution >= 4 is 11.6 Å². The Bertz CT molecular complexity index is 1010. The van der Waals surface area contributed by atoms with Crippen LogP contribution in [-0.2, 0) is 19.5 Å². The maximum Gasteiger partial charge on any atom is 0.254 e. The van der Waals surface area contributed by atoms with Crippen LogP contribution in [0.25, 0.3) is 0 Å². The van der Waals surface area contributed by atoms with Gasteiger partial charge >= 0.3 is 0 Å². The number of amides is 1. The van der Waals surface area contributed by atoms with Crippen molar-refractivity contribution in [1.29, 1.82) is 0 Å². The Morgan fingerprint density at radius 1 is 1.00 bits per heavy atom. The molecule has 0 saturated carbocycles. The van der Waals surface area contributed by atoms with Crippen molar-refractivity contribution in [2.75, 3.05) is 24.5 Å². The van der Waals surface area contributed by atoms with Crippen molar-refractivity contribution in [3.05, 3.63) is 83.2 Å². The maximum atomic E-state index is 13.0. The average molecular weight is 417 g/mol. The zero-order chi connectivity index (χ0) is 21.0. The molecule has 1 fully saturated rings. The number of anilines is 1. The maximum absolute atomic E-state index is 13.0. The van der Waals surface area contributed by atoms with Gasteiger partial charge in [-0.05, 0) is 54.7 Å². The molecule has 0 bridgehead atoms. The Kier molecular flexibility index (Phi) is 5.71. The molecular weight excluding hydrogens is 388 g/mol. The van der Waals surface area contributed by atoms with E-state index in [4.69, 9.17) is 4.52 Å². The van der Waals surface area contributed by atoms with Crippen LogP contribution in [0.1, 0.15) is 40.0 Å². The predicted molar refractivity (Wildman–Crippen MR) is 120 cm³/mol. The molecular formula is C25H28N4O2. The first-order valence-corrected chi connectivity index (χ1v) is 11.1. The Labute approximate surface area is 182 Å².